The standard InChI is InChI=1S/C20H21N5OS/c26-20(24-12-4-5-13-24)17-10-8-16(9-11-17)14-27-15-19-21-22-23-25(19)18-6-2-1-3-7-18/h1-3,6-11H,4-5,12-15H2. The van der Waals surface area contributed by atoms with Crippen molar-refractivity contribution in [1.82, 2.24) is 25.1 Å². The summed E-state index contributed by atoms with van der Waals surface area (Å²) in [6.45, 7) is 1.76. The molecule has 1 fully saturated rings. The third-order valence-electron chi connectivity index (χ3n) is 4.63. The maximum absolute atomic E-state index is 12.4. The van der Waals surface area contributed by atoms with Crippen LogP contribution in [-0.2, 0) is 11.5 Å². The smallest absolute Gasteiger partial charge is 0.253 e. The van der Waals surface area contributed by atoms with Crippen molar-refractivity contribution in [2.24, 2.45) is 0 Å². The summed E-state index contributed by atoms with van der Waals surface area (Å²) >= 11 is 1.75. The lowest BCUT2D eigenvalue weighted by Crippen LogP contribution is -2.27. The molecule has 1 saturated heterocycles. The lowest BCUT2D eigenvalue weighted by atomic mass is 10.1. The van der Waals surface area contributed by atoms with Gasteiger partial charge in [0, 0.05) is 24.4 Å². The number of amides is 1. The maximum atomic E-state index is 12.4. The SMILES string of the molecule is O=C(c1ccc(CSCc2nnnn2-c2ccccc2)cc1)N1CCCC1. The van der Waals surface area contributed by atoms with E-state index in [2.05, 4.69) is 15.5 Å². The summed E-state index contributed by atoms with van der Waals surface area (Å²) in [7, 11) is 0. The third kappa shape index (κ3) is 4.19. The van der Waals surface area contributed by atoms with Gasteiger partial charge in [-0.1, -0.05) is 30.3 Å². The average molecular weight is 379 g/mol. The topological polar surface area (TPSA) is 63.9 Å². The van der Waals surface area contributed by atoms with E-state index in [4.69, 9.17) is 0 Å². The summed E-state index contributed by atoms with van der Waals surface area (Å²) in [5.41, 5.74) is 2.93. The van der Waals surface area contributed by atoms with Gasteiger partial charge in [-0.3, -0.25) is 4.79 Å². The highest BCUT2D eigenvalue weighted by molar-refractivity contribution is 7.97. The largest absolute Gasteiger partial charge is 0.339 e. The summed E-state index contributed by atoms with van der Waals surface area (Å²) in [5, 5.41) is 12.0. The van der Waals surface area contributed by atoms with E-state index in [1.807, 2.05) is 59.5 Å². The number of hydrogen-bond acceptors (Lipinski definition) is 5. The first-order valence-corrected chi connectivity index (χ1v) is 10.3. The number of carbonyl (C=O) groups is 1. The number of aromatic nitrogens is 4. The Morgan fingerprint density at radius 1 is 0.963 bits per heavy atom. The van der Waals surface area contributed by atoms with E-state index in [0.29, 0.717) is 0 Å². The fraction of sp³-hybridized carbons (Fsp3) is 0.300. The maximum Gasteiger partial charge on any atom is 0.253 e. The molecule has 0 radical (unpaired) electrons. The van der Waals surface area contributed by atoms with Crippen LogP contribution in [0, 0.1) is 0 Å². The fourth-order valence-corrected chi connectivity index (χ4v) is 4.06. The van der Waals surface area contributed by atoms with Crippen molar-refractivity contribution in [1.29, 1.82) is 0 Å². The van der Waals surface area contributed by atoms with E-state index in [9.17, 15) is 4.79 Å². The number of thioether (sulfide) groups is 1. The Hall–Kier alpha value is -2.67. The molecular weight excluding hydrogens is 358 g/mol. The number of para-hydroxylation sites is 1. The zero-order valence-corrected chi connectivity index (χ0v) is 15.8. The Labute approximate surface area is 162 Å². The fourth-order valence-electron chi connectivity index (χ4n) is 3.17. The zero-order valence-electron chi connectivity index (χ0n) is 15.0. The van der Waals surface area contributed by atoms with Crippen LogP contribution in [0.5, 0.6) is 0 Å². The monoisotopic (exact) mass is 379 g/mol. The van der Waals surface area contributed by atoms with Gasteiger partial charge in [-0.2, -0.15) is 4.68 Å². The molecule has 0 spiro atoms. The van der Waals surface area contributed by atoms with Crippen LogP contribution in [-0.4, -0.2) is 44.1 Å². The van der Waals surface area contributed by atoms with Crippen molar-refractivity contribution >= 4 is 17.7 Å². The summed E-state index contributed by atoms with van der Waals surface area (Å²) < 4.78 is 1.77. The minimum atomic E-state index is 0.147. The molecule has 1 aliphatic heterocycles. The first kappa shape index (κ1) is 17.7. The van der Waals surface area contributed by atoms with Gasteiger partial charge in [0.05, 0.1) is 11.4 Å². The van der Waals surface area contributed by atoms with Crippen molar-refractivity contribution in [2.75, 3.05) is 13.1 Å². The van der Waals surface area contributed by atoms with Gasteiger partial charge in [0.25, 0.3) is 5.91 Å². The molecule has 1 aliphatic rings. The Kier molecular flexibility index (Phi) is 5.48. The molecule has 2 aromatic carbocycles. The number of nitrogens with zero attached hydrogens (tertiary/aromatic N) is 5. The van der Waals surface area contributed by atoms with Crippen LogP contribution in [0.3, 0.4) is 0 Å². The van der Waals surface area contributed by atoms with Gasteiger partial charge in [0.2, 0.25) is 0 Å². The molecule has 4 rings (SSSR count). The first-order chi connectivity index (χ1) is 13.3. The molecule has 0 N–H and O–H groups in total. The Balaban J connectivity index is 1.34. The van der Waals surface area contributed by atoms with Crippen LogP contribution >= 0.6 is 11.8 Å². The molecule has 138 valence electrons. The van der Waals surface area contributed by atoms with Crippen LogP contribution in [0.25, 0.3) is 5.69 Å². The molecule has 0 atom stereocenters. The highest BCUT2D eigenvalue weighted by Gasteiger charge is 2.19. The summed E-state index contributed by atoms with van der Waals surface area (Å²) in [6, 6.07) is 17.8. The van der Waals surface area contributed by atoms with Crippen molar-refractivity contribution in [3.8, 4) is 5.69 Å². The Bertz CT molecular complexity index is 888. The average Bonchev–Trinajstić information content (AvgIpc) is 3.41. The molecule has 1 aromatic heterocycles. The molecule has 7 heteroatoms. The molecule has 1 amide bonds. The van der Waals surface area contributed by atoms with Crippen LogP contribution in [0.15, 0.2) is 54.6 Å². The lowest BCUT2D eigenvalue weighted by molar-refractivity contribution is 0.0793. The van der Waals surface area contributed by atoms with E-state index in [1.165, 1.54) is 5.56 Å². The number of benzene rings is 2. The van der Waals surface area contributed by atoms with E-state index < -0.39 is 0 Å². The normalized spacial score (nSPS) is 13.9. The van der Waals surface area contributed by atoms with Crippen LogP contribution in [0.2, 0.25) is 0 Å². The van der Waals surface area contributed by atoms with Crippen molar-refractivity contribution in [3.63, 3.8) is 0 Å². The van der Waals surface area contributed by atoms with Gasteiger partial charge in [-0.15, -0.1) is 16.9 Å². The van der Waals surface area contributed by atoms with Gasteiger partial charge in [0.15, 0.2) is 5.82 Å². The van der Waals surface area contributed by atoms with Crippen molar-refractivity contribution in [3.05, 3.63) is 71.5 Å². The number of rotatable bonds is 6. The summed E-state index contributed by atoms with van der Waals surface area (Å²) in [6.07, 6.45) is 2.23. The number of tetrazole rings is 1. The zero-order chi connectivity index (χ0) is 18.5. The number of likely N-dealkylation sites (tertiary alicyclic amines) is 1. The van der Waals surface area contributed by atoms with Gasteiger partial charge < -0.3 is 4.90 Å². The van der Waals surface area contributed by atoms with E-state index in [0.717, 1.165) is 54.5 Å². The minimum absolute atomic E-state index is 0.147. The second-order valence-electron chi connectivity index (χ2n) is 6.53. The highest BCUT2D eigenvalue weighted by Crippen LogP contribution is 2.19. The third-order valence-corrected chi connectivity index (χ3v) is 5.63. The lowest BCUT2D eigenvalue weighted by Gasteiger charge is -2.15. The van der Waals surface area contributed by atoms with Gasteiger partial charge >= 0.3 is 0 Å². The van der Waals surface area contributed by atoms with Gasteiger partial charge in [-0.05, 0) is 53.1 Å². The first-order valence-electron chi connectivity index (χ1n) is 9.10. The predicted molar refractivity (Wildman–Crippen MR) is 106 cm³/mol. The quantitative estimate of drug-likeness (QED) is 0.657. The highest BCUT2D eigenvalue weighted by atomic mass is 32.2. The van der Waals surface area contributed by atoms with E-state index >= 15 is 0 Å². The predicted octanol–water partition coefficient (Wildman–Crippen LogP) is 3.33. The second kappa shape index (κ2) is 8.35. The minimum Gasteiger partial charge on any atom is -0.339 e. The van der Waals surface area contributed by atoms with Gasteiger partial charge in [0.1, 0.15) is 0 Å². The van der Waals surface area contributed by atoms with Crippen LogP contribution in [0.1, 0.15) is 34.6 Å². The van der Waals surface area contributed by atoms with Crippen molar-refractivity contribution < 1.29 is 4.79 Å². The molecule has 2 heterocycles. The number of hydrogen-bond donors (Lipinski definition) is 0. The molecule has 27 heavy (non-hydrogen) atoms. The second-order valence-corrected chi connectivity index (χ2v) is 7.52. The molecule has 0 bridgehead atoms. The van der Waals surface area contributed by atoms with E-state index in [1.54, 1.807) is 16.4 Å². The molecule has 6 nitrogen and oxygen atoms in total. The Morgan fingerprint density at radius 2 is 1.70 bits per heavy atom. The summed E-state index contributed by atoms with van der Waals surface area (Å²) in [4.78, 5) is 14.3. The number of carbonyl (C=O) groups excluding carboxylic acids is 1. The van der Waals surface area contributed by atoms with Crippen molar-refractivity contribution in [2.45, 2.75) is 24.3 Å². The van der Waals surface area contributed by atoms with Gasteiger partial charge in [-0.25, -0.2) is 0 Å². The van der Waals surface area contributed by atoms with Crippen LogP contribution < -0.4 is 0 Å². The molecule has 0 unspecified atom stereocenters. The molecule has 3 aromatic rings. The molecular formula is C20H21N5OS. The van der Waals surface area contributed by atoms with Crippen LogP contribution in [0.4, 0.5) is 0 Å². The Morgan fingerprint density at radius 3 is 2.44 bits per heavy atom. The molecule has 0 saturated carbocycles. The summed E-state index contributed by atoms with van der Waals surface area (Å²) in [5.74, 6) is 2.54. The van der Waals surface area contributed by atoms with E-state index in [-0.39, 0.29) is 5.91 Å². The molecule has 0 aliphatic carbocycles.